The second-order valence-corrected chi connectivity index (χ2v) is 32.2. The Morgan fingerprint density at radius 1 is 0.636 bits per heavy atom. The quantitative estimate of drug-likeness (QED) is 0.457. The first kappa shape index (κ1) is 18.8. The maximum absolute atomic E-state index is 2.52. The van der Waals surface area contributed by atoms with E-state index >= 15 is 0 Å². The fourth-order valence-electron chi connectivity index (χ4n) is 1.12. The number of hydrogen-bond acceptors (Lipinski definition) is 0. The van der Waals surface area contributed by atoms with Gasteiger partial charge in [0.25, 0.3) is 0 Å². The number of rotatable bonds is 2. The molecule has 0 rings (SSSR count). The normalized spacial score (nSPS) is 10.7. The average molecular weight is 354 g/mol. The van der Waals surface area contributed by atoms with Gasteiger partial charge in [0, 0.05) is 0 Å². The Morgan fingerprint density at radius 3 is 0.818 bits per heavy atom. The number of halogens is 2. The van der Waals surface area contributed by atoms with Crippen molar-refractivity contribution in [3.05, 3.63) is 0 Å². The molecule has 11 heavy (non-hydrogen) atoms. The summed E-state index contributed by atoms with van der Waals surface area (Å²) in [6.07, 6.45) is 0. The van der Waals surface area contributed by atoms with E-state index in [1.807, 2.05) is 0 Å². The molecule has 0 bridgehead atoms. The molecule has 0 radical (unpaired) electrons. The molecule has 68 valence electrons. The van der Waals surface area contributed by atoms with Gasteiger partial charge in [-0.3, -0.25) is 0 Å². The van der Waals surface area contributed by atoms with Gasteiger partial charge in [0.1, 0.15) is 0 Å². The van der Waals surface area contributed by atoms with Crippen LogP contribution in [0.15, 0.2) is 0 Å². The zero-order valence-electron chi connectivity index (χ0n) is 8.26. The molecule has 0 atom stereocenters. The second-order valence-electron chi connectivity index (χ2n) is 4.62. The van der Waals surface area contributed by atoms with E-state index in [-0.39, 0.29) is 34.0 Å². The van der Waals surface area contributed by atoms with Crippen molar-refractivity contribution in [3.8, 4) is 0 Å². The van der Waals surface area contributed by atoms with Gasteiger partial charge in [0.15, 0.2) is 0 Å². The summed E-state index contributed by atoms with van der Waals surface area (Å²) in [5.41, 5.74) is 0. The summed E-state index contributed by atoms with van der Waals surface area (Å²) in [7, 11) is 0. The second kappa shape index (κ2) is 6.55. The zero-order chi connectivity index (χ0) is 7.71. The van der Waals surface area contributed by atoms with Gasteiger partial charge in [0.2, 0.25) is 0 Å². The van der Waals surface area contributed by atoms with Gasteiger partial charge < -0.3 is 34.0 Å². The third kappa shape index (κ3) is 18.8. The van der Waals surface area contributed by atoms with Crippen molar-refractivity contribution in [1.29, 1.82) is 0 Å². The SMILES string of the molecule is C[Si](C)(C)[Ti+2][Si](C)(C)C.[Br-].[Br-]. The first-order chi connectivity index (χ1) is 3.71. The summed E-state index contributed by atoms with van der Waals surface area (Å²) in [5, 5.41) is 0. The largest absolute Gasteiger partial charge is 1.00 e. The van der Waals surface area contributed by atoms with E-state index < -0.39 is 11.9 Å². The maximum Gasteiger partial charge on any atom is -1.00 e. The predicted octanol–water partition coefficient (Wildman–Crippen LogP) is -3.25. The summed E-state index contributed by atoms with van der Waals surface area (Å²) < 4.78 is 0. The van der Waals surface area contributed by atoms with Crippen LogP contribution in [0.1, 0.15) is 0 Å². The standard InChI is InChI=1S/2C3H9Si.2BrH.Ti/c2*1-4(2)3;;;/h2*1-3H3;2*1H;/q;;;;+2/p-2. The fourth-order valence-corrected chi connectivity index (χ4v) is 41.7. The monoisotopic (exact) mass is 352 g/mol. The molecule has 0 unspecified atom stereocenters. The first-order valence-corrected chi connectivity index (χ1v) is 15.2. The topological polar surface area (TPSA) is 0 Å². The van der Waals surface area contributed by atoms with Crippen molar-refractivity contribution in [3.63, 3.8) is 0 Å². The molecule has 0 N–H and O–H groups in total. The van der Waals surface area contributed by atoms with Crippen LogP contribution >= 0.6 is 0 Å². The molecule has 0 aromatic rings. The first-order valence-electron chi connectivity index (χ1n) is 3.50. The van der Waals surface area contributed by atoms with Crippen LogP contribution < -0.4 is 34.0 Å². The summed E-state index contributed by atoms with van der Waals surface area (Å²) in [5.74, 6) is -1.21. The molecule has 0 aliphatic carbocycles. The van der Waals surface area contributed by atoms with Crippen LogP contribution in [0.4, 0.5) is 0 Å². The third-order valence-electron chi connectivity index (χ3n) is 0.750. The average Bonchev–Trinajstić information content (AvgIpc) is 1.14. The summed E-state index contributed by atoms with van der Waals surface area (Å²) >= 11 is 0.486. The number of hydrogen-bond donors (Lipinski definition) is 0. The van der Waals surface area contributed by atoms with Crippen LogP contribution in [0.3, 0.4) is 0 Å². The van der Waals surface area contributed by atoms with Crippen molar-refractivity contribution in [1.82, 2.24) is 0 Å². The maximum atomic E-state index is 2.52. The van der Waals surface area contributed by atoms with E-state index in [2.05, 4.69) is 39.3 Å². The van der Waals surface area contributed by atoms with Crippen molar-refractivity contribution >= 4 is 11.9 Å². The van der Waals surface area contributed by atoms with E-state index in [1.54, 1.807) is 0 Å². The van der Waals surface area contributed by atoms with Crippen LogP contribution in [-0.4, -0.2) is 11.9 Å². The molecule has 0 aliphatic rings. The minimum atomic E-state index is -0.606. The van der Waals surface area contributed by atoms with Gasteiger partial charge in [-0.25, -0.2) is 0 Å². The molecule has 5 heteroatoms. The Bertz CT molecular complexity index is 83.7. The third-order valence-corrected chi connectivity index (χ3v) is 27.8. The van der Waals surface area contributed by atoms with E-state index in [9.17, 15) is 0 Å². The van der Waals surface area contributed by atoms with Crippen molar-refractivity contribution in [2.45, 2.75) is 39.3 Å². The van der Waals surface area contributed by atoms with Crippen LogP contribution in [0.25, 0.3) is 0 Å². The fraction of sp³-hybridized carbons (Fsp3) is 1.00. The molecular formula is C6H18Br2Si2Ti. The minimum Gasteiger partial charge on any atom is -1.00 e. The van der Waals surface area contributed by atoms with Gasteiger partial charge in [0.05, 0.1) is 0 Å². The van der Waals surface area contributed by atoms with Crippen LogP contribution in [0.5, 0.6) is 0 Å². The Morgan fingerprint density at radius 2 is 0.818 bits per heavy atom. The van der Waals surface area contributed by atoms with Gasteiger partial charge in [-0.2, -0.15) is 0 Å². The van der Waals surface area contributed by atoms with Crippen molar-refractivity contribution < 1.29 is 51.6 Å². The van der Waals surface area contributed by atoms with Crippen LogP contribution in [-0.2, 0) is 17.7 Å². The Balaban J connectivity index is -0.000000320. The minimum absolute atomic E-state index is 0. The predicted molar refractivity (Wildman–Crippen MR) is 46.7 cm³/mol. The molecule has 0 nitrogen and oxygen atoms in total. The van der Waals surface area contributed by atoms with Crippen molar-refractivity contribution in [2.75, 3.05) is 0 Å². The molecule has 0 fully saturated rings. The molecule has 0 saturated heterocycles. The molecular weight excluding hydrogens is 336 g/mol. The van der Waals surface area contributed by atoms with Gasteiger partial charge >= 0.3 is 68.8 Å². The van der Waals surface area contributed by atoms with Crippen LogP contribution in [0.2, 0.25) is 39.3 Å². The molecule has 0 heterocycles. The molecule has 0 aromatic carbocycles. The summed E-state index contributed by atoms with van der Waals surface area (Å²) in [4.78, 5) is 0. The van der Waals surface area contributed by atoms with Crippen molar-refractivity contribution in [2.24, 2.45) is 0 Å². The molecule has 0 amide bonds. The van der Waals surface area contributed by atoms with E-state index in [0.29, 0.717) is 17.7 Å². The molecule has 0 aliphatic heterocycles. The van der Waals surface area contributed by atoms with Gasteiger partial charge in [-0.1, -0.05) is 0 Å². The summed E-state index contributed by atoms with van der Waals surface area (Å²) in [6.45, 7) is 15.1. The Kier molecular flexibility index (Phi) is 11.2. The van der Waals surface area contributed by atoms with E-state index in [1.165, 1.54) is 0 Å². The van der Waals surface area contributed by atoms with E-state index in [0.717, 1.165) is 0 Å². The molecule has 0 saturated carbocycles. The molecule has 0 spiro atoms. The Labute approximate surface area is 102 Å². The zero-order valence-corrected chi connectivity index (χ0v) is 15.0. The van der Waals surface area contributed by atoms with Gasteiger partial charge in [-0.15, -0.1) is 0 Å². The molecule has 0 aromatic heterocycles. The smallest absolute Gasteiger partial charge is 1.00 e. The Hall–Kier alpha value is 2.11. The summed E-state index contributed by atoms with van der Waals surface area (Å²) in [6, 6.07) is 0. The van der Waals surface area contributed by atoms with Gasteiger partial charge in [-0.05, 0) is 0 Å². The van der Waals surface area contributed by atoms with E-state index in [4.69, 9.17) is 0 Å². The van der Waals surface area contributed by atoms with Crippen LogP contribution in [0, 0.1) is 0 Å².